The van der Waals surface area contributed by atoms with Crippen molar-refractivity contribution in [2.24, 2.45) is 0 Å². The Balaban J connectivity index is 1.75. The van der Waals surface area contributed by atoms with E-state index >= 15 is 0 Å². The Labute approximate surface area is 176 Å². The number of methoxy groups -OCH3 is 1. The maximum atomic E-state index is 13.3. The summed E-state index contributed by atoms with van der Waals surface area (Å²) in [5.41, 5.74) is 1.52. The molecule has 0 atom stereocenters. The number of nitrogens with zero attached hydrogens (tertiary/aromatic N) is 3. The van der Waals surface area contributed by atoms with Crippen LogP contribution in [-0.2, 0) is 16.6 Å². The molecule has 0 radical (unpaired) electrons. The smallest absolute Gasteiger partial charge is 0.268 e. The molecule has 0 N–H and O–H groups in total. The van der Waals surface area contributed by atoms with Crippen molar-refractivity contribution >= 4 is 20.9 Å². The molecule has 6 nitrogen and oxygen atoms in total. The molecule has 4 rings (SSSR count). The first kappa shape index (κ1) is 20.8. The van der Waals surface area contributed by atoms with Crippen LogP contribution >= 0.6 is 0 Å². The third kappa shape index (κ3) is 3.95. The van der Waals surface area contributed by atoms with Gasteiger partial charge in [-0.3, -0.25) is 4.90 Å². The summed E-state index contributed by atoms with van der Waals surface area (Å²) in [5.74, 6) is 0.208. The lowest BCUT2D eigenvalue weighted by Crippen LogP contribution is -2.45. The van der Waals surface area contributed by atoms with E-state index in [9.17, 15) is 12.8 Å². The summed E-state index contributed by atoms with van der Waals surface area (Å²) in [6.07, 6.45) is 1.69. The second-order valence-electron chi connectivity index (χ2n) is 7.50. The maximum Gasteiger partial charge on any atom is 0.268 e. The van der Waals surface area contributed by atoms with Gasteiger partial charge >= 0.3 is 0 Å². The summed E-state index contributed by atoms with van der Waals surface area (Å²) in [7, 11) is -2.26. The van der Waals surface area contributed by atoms with Gasteiger partial charge in [-0.2, -0.15) is 0 Å². The number of fused-ring (bicyclic) bond motifs is 1. The van der Waals surface area contributed by atoms with Gasteiger partial charge in [-0.1, -0.05) is 6.92 Å². The Kier molecular flexibility index (Phi) is 5.81. The van der Waals surface area contributed by atoms with Gasteiger partial charge in [0, 0.05) is 44.3 Å². The number of ether oxygens (including phenoxy) is 1. The summed E-state index contributed by atoms with van der Waals surface area (Å²) >= 11 is 0. The topological polar surface area (TPSA) is 54.8 Å². The van der Waals surface area contributed by atoms with Gasteiger partial charge in [0.15, 0.2) is 0 Å². The number of halogens is 1. The third-order valence-electron chi connectivity index (χ3n) is 5.74. The minimum Gasteiger partial charge on any atom is -0.497 e. The molecule has 1 aliphatic heterocycles. The van der Waals surface area contributed by atoms with Crippen LogP contribution in [-0.4, -0.2) is 62.0 Å². The van der Waals surface area contributed by atoms with Crippen molar-refractivity contribution in [1.29, 1.82) is 0 Å². The summed E-state index contributed by atoms with van der Waals surface area (Å²) in [5, 5.41) is 0.845. The van der Waals surface area contributed by atoms with Gasteiger partial charge in [-0.25, -0.2) is 16.8 Å². The standard InChI is InChI=1S/C22H26FN3O3S/c1-3-24-10-12-25(13-11-24)15-17-16-26(22-9-6-19(29-2)14-21(17)22)30(27,28)20-7-4-18(23)5-8-20/h4-9,14,16H,3,10-13,15H2,1-2H3. The van der Waals surface area contributed by atoms with Crippen LogP contribution in [0.25, 0.3) is 10.9 Å². The van der Waals surface area contributed by atoms with Crippen LogP contribution in [0.1, 0.15) is 12.5 Å². The molecule has 160 valence electrons. The number of hydrogen-bond acceptors (Lipinski definition) is 5. The third-order valence-corrected chi connectivity index (χ3v) is 7.42. The molecule has 1 aliphatic rings. The maximum absolute atomic E-state index is 13.3. The second-order valence-corrected chi connectivity index (χ2v) is 9.32. The van der Waals surface area contributed by atoms with E-state index in [1.807, 2.05) is 6.07 Å². The highest BCUT2D eigenvalue weighted by Gasteiger charge is 2.23. The van der Waals surface area contributed by atoms with Crippen molar-refractivity contribution in [1.82, 2.24) is 13.8 Å². The van der Waals surface area contributed by atoms with Crippen LogP contribution in [0.2, 0.25) is 0 Å². The lowest BCUT2D eigenvalue weighted by molar-refractivity contribution is 0.132. The average Bonchev–Trinajstić information content (AvgIpc) is 3.13. The Morgan fingerprint density at radius 1 is 1.00 bits per heavy atom. The van der Waals surface area contributed by atoms with E-state index < -0.39 is 15.8 Å². The number of likely N-dealkylation sites (N-methyl/N-ethyl adjacent to an activating group) is 1. The molecular weight excluding hydrogens is 405 g/mol. The zero-order chi connectivity index (χ0) is 21.3. The van der Waals surface area contributed by atoms with E-state index in [1.165, 1.54) is 16.1 Å². The Morgan fingerprint density at radius 3 is 2.30 bits per heavy atom. The van der Waals surface area contributed by atoms with Gasteiger partial charge in [-0.05, 0) is 54.6 Å². The zero-order valence-corrected chi connectivity index (χ0v) is 18.0. The average molecular weight is 432 g/mol. The molecule has 2 aromatic carbocycles. The first-order chi connectivity index (χ1) is 14.4. The summed E-state index contributed by atoms with van der Waals surface area (Å²) in [6.45, 7) is 7.76. The van der Waals surface area contributed by atoms with Crippen LogP contribution < -0.4 is 4.74 Å². The van der Waals surface area contributed by atoms with Crippen molar-refractivity contribution < 1.29 is 17.5 Å². The lowest BCUT2D eigenvalue weighted by Gasteiger charge is -2.33. The van der Waals surface area contributed by atoms with Gasteiger partial charge in [0.25, 0.3) is 10.0 Å². The molecule has 0 amide bonds. The number of piperazine rings is 1. The van der Waals surface area contributed by atoms with Crippen molar-refractivity contribution in [3.8, 4) is 5.75 Å². The predicted molar refractivity (Wildman–Crippen MR) is 115 cm³/mol. The number of benzene rings is 2. The largest absolute Gasteiger partial charge is 0.497 e. The lowest BCUT2D eigenvalue weighted by atomic mass is 10.1. The molecule has 0 aliphatic carbocycles. The van der Waals surface area contributed by atoms with Gasteiger partial charge < -0.3 is 9.64 Å². The van der Waals surface area contributed by atoms with Crippen molar-refractivity contribution in [3.63, 3.8) is 0 Å². The minimum absolute atomic E-state index is 0.0553. The molecular formula is C22H26FN3O3S. The number of aromatic nitrogens is 1. The highest BCUT2D eigenvalue weighted by molar-refractivity contribution is 7.90. The molecule has 0 saturated carbocycles. The fourth-order valence-corrected chi connectivity index (χ4v) is 5.31. The van der Waals surface area contributed by atoms with E-state index in [-0.39, 0.29) is 4.90 Å². The van der Waals surface area contributed by atoms with Crippen LogP contribution in [0, 0.1) is 5.82 Å². The molecule has 2 heterocycles. The molecule has 30 heavy (non-hydrogen) atoms. The minimum atomic E-state index is -3.85. The van der Waals surface area contributed by atoms with E-state index in [0.717, 1.165) is 55.8 Å². The van der Waals surface area contributed by atoms with Gasteiger partial charge in [0.05, 0.1) is 17.5 Å². The first-order valence-corrected chi connectivity index (χ1v) is 11.5. The normalized spacial score (nSPS) is 16.2. The highest BCUT2D eigenvalue weighted by atomic mass is 32.2. The quantitative estimate of drug-likeness (QED) is 0.600. The van der Waals surface area contributed by atoms with E-state index in [4.69, 9.17) is 4.74 Å². The number of hydrogen-bond donors (Lipinski definition) is 0. The number of rotatable bonds is 6. The van der Waals surface area contributed by atoms with Crippen LogP contribution in [0.15, 0.2) is 53.6 Å². The monoisotopic (exact) mass is 431 g/mol. The molecule has 1 saturated heterocycles. The van der Waals surface area contributed by atoms with Crippen LogP contribution in [0.5, 0.6) is 5.75 Å². The molecule has 8 heteroatoms. The Hall–Kier alpha value is -2.42. The fourth-order valence-electron chi connectivity index (χ4n) is 3.92. The molecule has 1 fully saturated rings. The Bertz CT molecular complexity index is 1130. The van der Waals surface area contributed by atoms with Crippen LogP contribution in [0.4, 0.5) is 4.39 Å². The second kappa shape index (κ2) is 8.37. The Morgan fingerprint density at radius 2 is 1.67 bits per heavy atom. The fraction of sp³-hybridized carbons (Fsp3) is 0.364. The molecule has 0 bridgehead atoms. The van der Waals surface area contributed by atoms with Crippen LogP contribution in [0.3, 0.4) is 0 Å². The predicted octanol–water partition coefficient (Wildman–Crippen LogP) is 3.16. The van der Waals surface area contributed by atoms with Crippen molar-refractivity contribution in [3.05, 3.63) is 60.0 Å². The molecule has 3 aromatic rings. The zero-order valence-electron chi connectivity index (χ0n) is 17.2. The summed E-state index contributed by atoms with van der Waals surface area (Å²) < 4.78 is 46.6. The molecule has 1 aromatic heterocycles. The van der Waals surface area contributed by atoms with Crippen molar-refractivity contribution in [2.45, 2.75) is 18.4 Å². The summed E-state index contributed by atoms with van der Waals surface area (Å²) in [4.78, 5) is 4.80. The van der Waals surface area contributed by atoms with E-state index in [1.54, 1.807) is 25.4 Å². The molecule has 0 unspecified atom stereocenters. The highest BCUT2D eigenvalue weighted by Crippen LogP contribution is 2.30. The molecule has 0 spiro atoms. The van der Waals surface area contributed by atoms with Gasteiger partial charge in [0.1, 0.15) is 11.6 Å². The summed E-state index contributed by atoms with van der Waals surface area (Å²) in [6, 6.07) is 10.3. The van der Waals surface area contributed by atoms with Gasteiger partial charge in [-0.15, -0.1) is 0 Å². The first-order valence-electron chi connectivity index (χ1n) is 10.1. The van der Waals surface area contributed by atoms with E-state index in [0.29, 0.717) is 17.8 Å². The van der Waals surface area contributed by atoms with Crippen molar-refractivity contribution in [2.75, 3.05) is 39.8 Å². The van der Waals surface area contributed by atoms with E-state index in [2.05, 4.69) is 16.7 Å². The SMILES string of the molecule is CCN1CCN(Cc2cn(S(=O)(=O)c3ccc(F)cc3)c3ccc(OC)cc23)CC1. The van der Waals surface area contributed by atoms with Gasteiger partial charge in [0.2, 0.25) is 0 Å².